The average molecular weight is 366 g/mol. The van der Waals surface area contributed by atoms with E-state index in [-0.39, 0.29) is 5.78 Å². The van der Waals surface area contributed by atoms with Gasteiger partial charge in [0.15, 0.2) is 5.78 Å². The predicted molar refractivity (Wildman–Crippen MR) is 106 cm³/mol. The molecular formula is C21H16ClNOS. The average Bonchev–Trinajstić information content (AvgIpc) is 2.73. The lowest BCUT2D eigenvalue weighted by Gasteiger charge is -2.08. The van der Waals surface area contributed by atoms with Gasteiger partial charge >= 0.3 is 0 Å². The first-order valence-electron chi connectivity index (χ1n) is 7.74. The molecule has 0 saturated heterocycles. The summed E-state index contributed by atoms with van der Waals surface area (Å²) >= 11 is 7.61. The molecule has 2 nitrogen and oxygen atoms in total. The topological polar surface area (TPSA) is 29.4 Å². The number of carbonyl (C=O) groups is 1. The van der Waals surface area contributed by atoms with E-state index in [1.165, 1.54) is 13.0 Å². The molecule has 0 spiro atoms. The number of carbonyl (C=O) groups excluding carboxylic acids is 1. The van der Waals surface area contributed by atoms with Gasteiger partial charge in [-0.2, -0.15) is 0 Å². The molecular weight excluding hydrogens is 350 g/mol. The zero-order chi connectivity index (χ0) is 17.8. The van der Waals surface area contributed by atoms with Crippen LogP contribution in [-0.2, 0) is 4.79 Å². The smallest absolute Gasteiger partial charge is 0.152 e. The first kappa shape index (κ1) is 17.5. The summed E-state index contributed by atoms with van der Waals surface area (Å²) in [5.41, 5.74) is 3.57. The molecule has 0 amide bonds. The molecule has 0 atom stereocenters. The Labute approximate surface area is 156 Å². The van der Waals surface area contributed by atoms with Crippen LogP contribution in [0.2, 0.25) is 5.02 Å². The quantitative estimate of drug-likeness (QED) is 0.641. The van der Waals surface area contributed by atoms with Crippen LogP contribution in [-0.4, -0.2) is 11.5 Å². The van der Waals surface area contributed by atoms with Crippen LogP contribution in [0.4, 0.5) is 0 Å². The second kappa shape index (κ2) is 7.68. The molecule has 0 unspecified atom stereocenters. The van der Waals surface area contributed by atoms with Crippen molar-refractivity contribution in [2.75, 3.05) is 0 Å². The maximum Gasteiger partial charge on any atom is 0.152 e. The second-order valence-electron chi connectivity index (χ2n) is 5.51. The van der Waals surface area contributed by atoms with Gasteiger partial charge in [0.1, 0.15) is 0 Å². The standard InChI is InChI=1S/C21H16ClNOS/c1-14(24)6-5-9-19-15(2)23-21(16-10-12-17(22)13-11-16)18-7-3-4-8-20(18)25-19/h3-13H,2H2,1H3/b6-5+,19-9+. The first-order valence-corrected chi connectivity index (χ1v) is 8.94. The Balaban J connectivity index is 2.10. The van der Waals surface area contributed by atoms with Crippen LogP contribution in [0.15, 0.2) is 93.8 Å². The summed E-state index contributed by atoms with van der Waals surface area (Å²) in [7, 11) is 0. The van der Waals surface area contributed by atoms with Crippen LogP contribution >= 0.6 is 23.4 Å². The number of benzene rings is 2. The summed E-state index contributed by atoms with van der Waals surface area (Å²) in [4.78, 5) is 17.9. The number of allylic oxidation sites excluding steroid dienone is 3. The van der Waals surface area contributed by atoms with Gasteiger partial charge < -0.3 is 0 Å². The summed E-state index contributed by atoms with van der Waals surface area (Å²) in [6, 6.07) is 15.7. The van der Waals surface area contributed by atoms with Crippen molar-refractivity contribution in [1.29, 1.82) is 0 Å². The molecule has 1 heterocycles. The van der Waals surface area contributed by atoms with Gasteiger partial charge in [-0.25, -0.2) is 4.99 Å². The van der Waals surface area contributed by atoms with E-state index >= 15 is 0 Å². The number of hydrogen-bond acceptors (Lipinski definition) is 3. The molecule has 2 aromatic carbocycles. The highest BCUT2D eigenvalue weighted by molar-refractivity contribution is 8.03. The lowest BCUT2D eigenvalue weighted by Crippen LogP contribution is -2.03. The van der Waals surface area contributed by atoms with E-state index in [1.807, 2.05) is 42.5 Å². The van der Waals surface area contributed by atoms with Gasteiger partial charge in [0.25, 0.3) is 0 Å². The fourth-order valence-electron chi connectivity index (χ4n) is 2.41. The SMILES string of the molecule is C=C1N=C(c2ccc(Cl)cc2)c2ccccc2S/C1=C/C=C/C(C)=O. The van der Waals surface area contributed by atoms with Crippen molar-refractivity contribution in [2.45, 2.75) is 11.8 Å². The maximum atomic E-state index is 11.1. The van der Waals surface area contributed by atoms with Crippen molar-refractivity contribution in [3.63, 3.8) is 0 Å². The molecule has 0 aliphatic carbocycles. The van der Waals surface area contributed by atoms with Crippen LogP contribution in [0.5, 0.6) is 0 Å². The predicted octanol–water partition coefficient (Wildman–Crippen LogP) is 5.83. The number of halogens is 1. The fraction of sp³-hybridized carbons (Fsp3) is 0.0476. The number of rotatable bonds is 3. The molecule has 124 valence electrons. The van der Waals surface area contributed by atoms with Gasteiger partial charge in [-0.3, -0.25) is 4.79 Å². The third-order valence-corrected chi connectivity index (χ3v) is 5.01. The second-order valence-corrected chi connectivity index (χ2v) is 7.03. The van der Waals surface area contributed by atoms with Gasteiger partial charge in [0, 0.05) is 26.0 Å². The summed E-state index contributed by atoms with van der Waals surface area (Å²) in [5.74, 6) is 0.00633. The third kappa shape index (κ3) is 4.19. The summed E-state index contributed by atoms with van der Waals surface area (Å²) in [5, 5.41) is 0.689. The van der Waals surface area contributed by atoms with E-state index < -0.39 is 0 Å². The highest BCUT2D eigenvalue weighted by atomic mass is 35.5. The fourth-order valence-corrected chi connectivity index (χ4v) is 3.50. The van der Waals surface area contributed by atoms with Crippen LogP contribution in [0.3, 0.4) is 0 Å². The van der Waals surface area contributed by atoms with Gasteiger partial charge in [-0.1, -0.05) is 66.3 Å². The lowest BCUT2D eigenvalue weighted by molar-refractivity contribution is -0.112. The molecule has 3 rings (SSSR count). The van der Waals surface area contributed by atoms with Crippen LogP contribution in [0.1, 0.15) is 18.1 Å². The van der Waals surface area contributed by atoms with Crippen LogP contribution in [0.25, 0.3) is 0 Å². The molecule has 0 aromatic heterocycles. The number of fused-ring (bicyclic) bond motifs is 1. The molecule has 2 aromatic rings. The van der Waals surface area contributed by atoms with E-state index in [9.17, 15) is 4.79 Å². The highest BCUT2D eigenvalue weighted by Gasteiger charge is 2.18. The number of thioether (sulfide) groups is 1. The lowest BCUT2D eigenvalue weighted by atomic mass is 10.0. The third-order valence-electron chi connectivity index (χ3n) is 3.59. The van der Waals surface area contributed by atoms with E-state index in [4.69, 9.17) is 16.6 Å². The van der Waals surface area contributed by atoms with E-state index in [0.29, 0.717) is 10.7 Å². The van der Waals surface area contributed by atoms with Crippen molar-refractivity contribution < 1.29 is 4.79 Å². The van der Waals surface area contributed by atoms with Crippen molar-refractivity contribution in [3.05, 3.63) is 100 Å². The minimum atomic E-state index is 0.00633. The minimum Gasteiger partial charge on any atom is -0.295 e. The Hall–Kier alpha value is -2.36. The summed E-state index contributed by atoms with van der Waals surface area (Å²) in [6.45, 7) is 5.63. The monoisotopic (exact) mass is 365 g/mol. The molecule has 4 heteroatoms. The molecule has 0 bridgehead atoms. The molecule has 0 N–H and O–H groups in total. The van der Waals surface area contributed by atoms with E-state index in [1.54, 1.807) is 17.8 Å². The van der Waals surface area contributed by atoms with Gasteiger partial charge in [-0.15, -0.1) is 0 Å². The Kier molecular flexibility index (Phi) is 5.37. The Morgan fingerprint density at radius 3 is 2.60 bits per heavy atom. The Morgan fingerprint density at radius 1 is 1.16 bits per heavy atom. The number of nitrogens with zero attached hydrogens (tertiary/aromatic N) is 1. The zero-order valence-electron chi connectivity index (χ0n) is 13.7. The largest absolute Gasteiger partial charge is 0.295 e. The first-order chi connectivity index (χ1) is 12.0. The maximum absolute atomic E-state index is 11.1. The van der Waals surface area contributed by atoms with Gasteiger partial charge in [0.05, 0.1) is 11.4 Å². The zero-order valence-corrected chi connectivity index (χ0v) is 15.3. The molecule has 0 fully saturated rings. The molecule has 1 aliphatic rings. The Bertz CT molecular complexity index is 923. The molecule has 0 saturated carbocycles. The Morgan fingerprint density at radius 2 is 1.88 bits per heavy atom. The van der Waals surface area contributed by atoms with Gasteiger partial charge in [-0.05, 0) is 37.3 Å². The van der Waals surface area contributed by atoms with E-state index in [2.05, 4.69) is 18.7 Å². The van der Waals surface area contributed by atoms with Crippen molar-refractivity contribution in [1.82, 2.24) is 0 Å². The van der Waals surface area contributed by atoms with Crippen molar-refractivity contribution in [3.8, 4) is 0 Å². The molecule has 25 heavy (non-hydrogen) atoms. The van der Waals surface area contributed by atoms with Crippen LogP contribution < -0.4 is 0 Å². The summed E-state index contributed by atoms with van der Waals surface area (Å²) < 4.78 is 0. The van der Waals surface area contributed by atoms with Crippen LogP contribution in [0, 0.1) is 0 Å². The van der Waals surface area contributed by atoms with Crippen molar-refractivity contribution in [2.24, 2.45) is 4.99 Å². The number of ketones is 1. The van der Waals surface area contributed by atoms with Gasteiger partial charge in [0.2, 0.25) is 0 Å². The number of aliphatic imine (C=N–C) groups is 1. The summed E-state index contributed by atoms with van der Waals surface area (Å²) in [6.07, 6.45) is 5.14. The van der Waals surface area contributed by atoms with Crippen molar-refractivity contribution >= 4 is 34.9 Å². The number of hydrogen-bond donors (Lipinski definition) is 0. The molecule has 1 aliphatic heterocycles. The minimum absolute atomic E-state index is 0.00633. The van der Waals surface area contributed by atoms with E-state index in [0.717, 1.165) is 26.6 Å². The highest BCUT2D eigenvalue weighted by Crippen LogP contribution is 2.38. The molecule has 0 radical (unpaired) electrons. The normalized spacial score (nSPS) is 15.8.